The summed E-state index contributed by atoms with van der Waals surface area (Å²) in [6.45, 7) is -3.11. The second-order valence-electron chi connectivity index (χ2n) is 5.93. The van der Waals surface area contributed by atoms with E-state index in [-0.39, 0.29) is 24.5 Å². The fourth-order valence-electron chi connectivity index (χ4n) is 2.47. The van der Waals surface area contributed by atoms with E-state index in [1.165, 1.54) is 24.3 Å². The SMILES string of the molecule is O=C(CNC(=O)c1cc(-c2ccccc2)on1)NCc1cccc(OC(F)F)c1. The van der Waals surface area contributed by atoms with Crippen LogP contribution in [-0.4, -0.2) is 30.1 Å². The van der Waals surface area contributed by atoms with Crippen molar-refractivity contribution in [3.8, 4) is 17.1 Å². The minimum Gasteiger partial charge on any atom is -0.435 e. The highest BCUT2D eigenvalue weighted by atomic mass is 19.3. The normalized spacial score (nSPS) is 10.6. The summed E-state index contributed by atoms with van der Waals surface area (Å²) in [7, 11) is 0. The topological polar surface area (TPSA) is 93.5 Å². The molecule has 9 heteroatoms. The molecule has 0 aliphatic carbocycles. The first-order valence-corrected chi connectivity index (χ1v) is 8.62. The summed E-state index contributed by atoms with van der Waals surface area (Å²) in [6, 6.07) is 16.6. The van der Waals surface area contributed by atoms with Crippen LogP contribution < -0.4 is 15.4 Å². The molecule has 29 heavy (non-hydrogen) atoms. The minimum atomic E-state index is -2.92. The number of ether oxygens (including phenoxy) is 1. The van der Waals surface area contributed by atoms with E-state index in [1.54, 1.807) is 6.07 Å². The molecule has 0 saturated carbocycles. The number of hydrogen-bond acceptors (Lipinski definition) is 5. The number of alkyl halides is 2. The van der Waals surface area contributed by atoms with Gasteiger partial charge in [-0.25, -0.2) is 0 Å². The lowest BCUT2D eigenvalue weighted by Gasteiger charge is -2.08. The highest BCUT2D eigenvalue weighted by molar-refractivity contribution is 5.95. The summed E-state index contributed by atoms with van der Waals surface area (Å²) in [5.41, 5.74) is 1.40. The number of aromatic nitrogens is 1. The number of nitrogens with zero attached hydrogens (tertiary/aromatic N) is 1. The molecular formula is C20H17F2N3O4. The van der Waals surface area contributed by atoms with Gasteiger partial charge in [-0.2, -0.15) is 8.78 Å². The molecular weight excluding hydrogens is 384 g/mol. The molecule has 0 aliphatic heterocycles. The Labute approximate surface area is 164 Å². The maximum absolute atomic E-state index is 12.2. The van der Waals surface area contributed by atoms with E-state index in [2.05, 4.69) is 20.5 Å². The van der Waals surface area contributed by atoms with Gasteiger partial charge in [0.05, 0.1) is 6.54 Å². The molecule has 1 aromatic heterocycles. The maximum Gasteiger partial charge on any atom is 0.387 e. The molecule has 3 rings (SSSR count). The van der Waals surface area contributed by atoms with E-state index >= 15 is 0 Å². The number of hydrogen-bond donors (Lipinski definition) is 2. The van der Waals surface area contributed by atoms with Crippen molar-refractivity contribution in [1.29, 1.82) is 0 Å². The van der Waals surface area contributed by atoms with Gasteiger partial charge in [0.1, 0.15) is 5.75 Å². The van der Waals surface area contributed by atoms with E-state index in [0.717, 1.165) is 5.56 Å². The Morgan fingerprint density at radius 1 is 1.03 bits per heavy atom. The first-order chi connectivity index (χ1) is 14.0. The quantitative estimate of drug-likeness (QED) is 0.605. The zero-order valence-electron chi connectivity index (χ0n) is 15.1. The molecule has 1 heterocycles. The van der Waals surface area contributed by atoms with Crippen molar-refractivity contribution in [2.75, 3.05) is 6.54 Å². The monoisotopic (exact) mass is 401 g/mol. The molecule has 2 N–H and O–H groups in total. The smallest absolute Gasteiger partial charge is 0.387 e. The van der Waals surface area contributed by atoms with Crippen LogP contribution in [0.5, 0.6) is 5.75 Å². The zero-order chi connectivity index (χ0) is 20.6. The van der Waals surface area contributed by atoms with Crippen LogP contribution in [0.2, 0.25) is 0 Å². The molecule has 7 nitrogen and oxygen atoms in total. The summed E-state index contributed by atoms with van der Waals surface area (Å²) >= 11 is 0. The third-order valence-corrected chi connectivity index (χ3v) is 3.82. The van der Waals surface area contributed by atoms with Crippen LogP contribution in [-0.2, 0) is 11.3 Å². The Hall–Kier alpha value is -3.75. The van der Waals surface area contributed by atoms with Gasteiger partial charge >= 0.3 is 6.61 Å². The summed E-state index contributed by atoms with van der Waals surface area (Å²) in [6.07, 6.45) is 0. The molecule has 3 aromatic rings. The highest BCUT2D eigenvalue weighted by Gasteiger charge is 2.14. The molecule has 0 spiro atoms. The summed E-state index contributed by atoms with van der Waals surface area (Å²) < 4.78 is 33.9. The average molecular weight is 401 g/mol. The number of nitrogens with one attached hydrogen (secondary N) is 2. The highest BCUT2D eigenvalue weighted by Crippen LogP contribution is 2.19. The van der Waals surface area contributed by atoms with Crippen LogP contribution in [0.15, 0.2) is 65.2 Å². The standard InChI is InChI=1S/C20H17F2N3O4/c21-20(22)28-15-8-4-5-13(9-15)11-23-18(26)12-24-19(27)16-10-17(29-25-16)14-6-2-1-3-7-14/h1-10,20H,11-12H2,(H,23,26)(H,24,27). The molecule has 2 aromatic carbocycles. The zero-order valence-corrected chi connectivity index (χ0v) is 15.1. The minimum absolute atomic E-state index is 0.000282. The number of rotatable bonds is 8. The largest absolute Gasteiger partial charge is 0.435 e. The van der Waals surface area contributed by atoms with Gasteiger partial charge in [-0.1, -0.05) is 47.6 Å². The van der Waals surface area contributed by atoms with Crippen LogP contribution in [0.1, 0.15) is 16.1 Å². The van der Waals surface area contributed by atoms with Gasteiger partial charge in [0.15, 0.2) is 11.5 Å². The average Bonchev–Trinajstić information content (AvgIpc) is 3.21. The van der Waals surface area contributed by atoms with E-state index in [1.807, 2.05) is 30.3 Å². The van der Waals surface area contributed by atoms with Gasteiger partial charge in [0.25, 0.3) is 5.91 Å². The molecule has 0 unspecified atom stereocenters. The summed E-state index contributed by atoms with van der Waals surface area (Å²) in [5.74, 6) is -0.574. The van der Waals surface area contributed by atoms with E-state index < -0.39 is 18.4 Å². The molecule has 0 saturated heterocycles. The Balaban J connectivity index is 1.47. The van der Waals surface area contributed by atoms with Crippen molar-refractivity contribution in [2.45, 2.75) is 13.2 Å². The van der Waals surface area contributed by atoms with Gasteiger partial charge < -0.3 is 19.9 Å². The number of benzene rings is 2. The third-order valence-electron chi connectivity index (χ3n) is 3.82. The molecule has 0 radical (unpaired) electrons. The maximum atomic E-state index is 12.2. The van der Waals surface area contributed by atoms with Crippen molar-refractivity contribution in [2.24, 2.45) is 0 Å². The van der Waals surface area contributed by atoms with Crippen LogP contribution in [0, 0.1) is 0 Å². The van der Waals surface area contributed by atoms with Crippen molar-refractivity contribution in [3.63, 3.8) is 0 Å². The Morgan fingerprint density at radius 3 is 2.59 bits per heavy atom. The van der Waals surface area contributed by atoms with Gasteiger partial charge in [0, 0.05) is 18.2 Å². The molecule has 0 atom stereocenters. The van der Waals surface area contributed by atoms with Crippen molar-refractivity contribution in [1.82, 2.24) is 15.8 Å². The van der Waals surface area contributed by atoms with Crippen molar-refractivity contribution < 1.29 is 27.6 Å². The van der Waals surface area contributed by atoms with E-state index in [4.69, 9.17) is 4.52 Å². The summed E-state index contributed by atoms with van der Waals surface area (Å²) in [4.78, 5) is 24.0. The van der Waals surface area contributed by atoms with Gasteiger partial charge in [-0.05, 0) is 17.7 Å². The Bertz CT molecular complexity index is 977. The van der Waals surface area contributed by atoms with Gasteiger partial charge in [-0.15, -0.1) is 0 Å². The van der Waals surface area contributed by atoms with Gasteiger partial charge in [0.2, 0.25) is 5.91 Å². The lowest BCUT2D eigenvalue weighted by Crippen LogP contribution is -2.36. The summed E-state index contributed by atoms with van der Waals surface area (Å²) in [5, 5.41) is 8.72. The Morgan fingerprint density at radius 2 is 1.83 bits per heavy atom. The lowest BCUT2D eigenvalue weighted by molar-refractivity contribution is -0.120. The molecule has 2 amide bonds. The predicted octanol–water partition coefficient (Wildman–Crippen LogP) is 2.99. The fraction of sp³-hybridized carbons (Fsp3) is 0.150. The number of carbonyl (C=O) groups excluding carboxylic acids is 2. The van der Waals surface area contributed by atoms with Crippen molar-refractivity contribution in [3.05, 3.63) is 71.9 Å². The molecule has 0 aliphatic rings. The lowest BCUT2D eigenvalue weighted by atomic mass is 10.1. The molecule has 0 bridgehead atoms. The molecule has 0 fully saturated rings. The second-order valence-corrected chi connectivity index (χ2v) is 5.93. The first kappa shape index (κ1) is 20.0. The number of carbonyl (C=O) groups is 2. The third kappa shape index (κ3) is 5.86. The number of amides is 2. The first-order valence-electron chi connectivity index (χ1n) is 8.62. The van der Waals surface area contributed by atoms with Gasteiger partial charge in [-0.3, -0.25) is 9.59 Å². The predicted molar refractivity (Wildman–Crippen MR) is 99.2 cm³/mol. The van der Waals surface area contributed by atoms with Crippen LogP contribution in [0.3, 0.4) is 0 Å². The van der Waals surface area contributed by atoms with E-state index in [0.29, 0.717) is 11.3 Å². The van der Waals surface area contributed by atoms with E-state index in [9.17, 15) is 18.4 Å². The van der Waals surface area contributed by atoms with Crippen molar-refractivity contribution >= 4 is 11.8 Å². The van der Waals surface area contributed by atoms with Crippen LogP contribution in [0.4, 0.5) is 8.78 Å². The second kappa shape index (κ2) is 9.45. The van der Waals surface area contributed by atoms with Crippen LogP contribution >= 0.6 is 0 Å². The molecule has 150 valence electrons. The fourth-order valence-corrected chi connectivity index (χ4v) is 2.47. The number of halogens is 2. The van der Waals surface area contributed by atoms with Crippen LogP contribution in [0.25, 0.3) is 11.3 Å². The Kier molecular flexibility index (Phi) is 6.51.